The molecule has 0 saturated heterocycles. The fourth-order valence-corrected chi connectivity index (χ4v) is 8.91. The van der Waals surface area contributed by atoms with Gasteiger partial charge in [-0.05, 0) is 238 Å². The average molecular weight is 1130 g/mol. The first-order chi connectivity index (χ1) is 34.9. The first-order valence-electron chi connectivity index (χ1n) is 24.1. The topological polar surface area (TPSA) is 0 Å². The van der Waals surface area contributed by atoms with Crippen molar-refractivity contribution < 1.29 is 51.2 Å². The summed E-state index contributed by atoms with van der Waals surface area (Å²) < 4.78 is 0.505. The minimum Gasteiger partial charge on any atom is -0.120 e. The van der Waals surface area contributed by atoms with Crippen LogP contribution in [-0.2, 0) is 51.2 Å². The molecule has 0 aliphatic heterocycles. The van der Waals surface area contributed by atoms with E-state index in [4.69, 9.17) is 0 Å². The third kappa shape index (κ3) is 24.9. The Bertz CT molecular complexity index is 2290. The van der Waals surface area contributed by atoms with E-state index in [1.54, 1.807) is 0 Å². The van der Waals surface area contributed by atoms with Crippen molar-refractivity contribution in [3.8, 4) is 47.4 Å². The van der Waals surface area contributed by atoms with Crippen molar-refractivity contribution in [1.82, 2.24) is 0 Å². The maximum Gasteiger partial charge on any atom is 2.00 e. The molecule has 0 N–H and O–H groups in total. The summed E-state index contributed by atoms with van der Waals surface area (Å²) in [5.41, 5.74) is 6.69. The van der Waals surface area contributed by atoms with Crippen molar-refractivity contribution in [2.45, 2.75) is 60.8 Å². The number of benzene rings is 4. The minimum absolute atomic E-state index is 0. The van der Waals surface area contributed by atoms with Gasteiger partial charge in [0.05, 0.1) is 23.7 Å². The molecule has 6 saturated carbocycles. The van der Waals surface area contributed by atoms with Gasteiger partial charge in [0.25, 0.3) is 0 Å². The van der Waals surface area contributed by atoms with Crippen LogP contribution in [0.15, 0.2) is 107 Å². The average Bonchev–Trinajstić information content (AvgIpc) is 4.24. The summed E-state index contributed by atoms with van der Waals surface area (Å²) in [6, 6.07) is 33.7. The van der Waals surface area contributed by atoms with Crippen LogP contribution in [0.1, 0.15) is 74.9 Å². The van der Waals surface area contributed by atoms with E-state index in [1.165, 1.54) is 32.8 Å². The van der Waals surface area contributed by atoms with Crippen LogP contribution >= 0.6 is 23.5 Å². The van der Waals surface area contributed by atoms with Crippen LogP contribution < -0.4 is 0 Å². The normalized spacial score (nSPS) is 17.9. The molecule has 75 heavy (non-hydrogen) atoms. The standard InChI is InChI=1S/2C18H12.2C17H17S.3Fe/c2*1-2-6-15(5-1)9-10-16-11-13-18(14-12-16)17-7-3-4-8-17;2*1-17(2,3)18-16-12-10-15(11-13-16)9-8-14-6-4-5-7-14;;;/h2*1-8,11-14H;2*4-7,10-13H,1-3H3;;;/q;;;;3*+2. The van der Waals surface area contributed by atoms with Crippen molar-refractivity contribution in [3.63, 3.8) is 0 Å². The SMILES string of the molecule is C(#Cc1ccc([C]2[CH][CH][CH][CH]2)cc1)[C]1[CH][CH][CH][CH]1.C(#Cc1ccc([C]2[CH][CH][CH][CH]2)cc1)[C]1[CH][CH][CH][CH]1.CC(C)(C)Sc1ccc(C#C[C]2[CH][CH][CH][CH]2)cc1.CC(C)(C)Sc1ccc(C#C[C]2[CH][CH][CH][CH]2)cc1.[Fe+2].[Fe+2].[Fe+2]. The Labute approximate surface area is 498 Å². The fourth-order valence-electron chi connectivity index (χ4n) is 6.95. The van der Waals surface area contributed by atoms with Gasteiger partial charge in [-0.25, -0.2) is 0 Å². The summed E-state index contributed by atoms with van der Waals surface area (Å²) in [7, 11) is 0. The monoisotopic (exact) mass is 1130 g/mol. The summed E-state index contributed by atoms with van der Waals surface area (Å²) >= 11 is 3.75. The van der Waals surface area contributed by atoms with Crippen LogP contribution in [0.25, 0.3) is 0 Å². The second-order valence-corrected chi connectivity index (χ2v) is 22.5. The second kappa shape index (κ2) is 34.4. The molecule has 0 amide bonds. The molecule has 6 aliphatic carbocycles. The van der Waals surface area contributed by atoms with Crippen molar-refractivity contribution in [2.75, 3.05) is 0 Å². The van der Waals surface area contributed by atoms with Crippen molar-refractivity contribution in [3.05, 3.63) is 320 Å². The van der Waals surface area contributed by atoms with E-state index < -0.39 is 0 Å². The molecular formula is C70H58Fe3S2+6. The van der Waals surface area contributed by atoms with Gasteiger partial charge in [0, 0.05) is 53.4 Å². The van der Waals surface area contributed by atoms with E-state index >= 15 is 0 Å². The van der Waals surface area contributed by atoms with E-state index in [2.05, 4.69) is 237 Å². The van der Waals surface area contributed by atoms with Crippen molar-refractivity contribution in [1.29, 1.82) is 0 Å². The molecule has 0 spiro atoms. The van der Waals surface area contributed by atoms with Gasteiger partial charge in [0.1, 0.15) is 0 Å². The third-order valence-corrected chi connectivity index (χ3v) is 12.6. The summed E-state index contributed by atoms with van der Waals surface area (Å²) in [6.45, 7) is 13.3. The quantitative estimate of drug-likeness (QED) is 0.113. The summed E-state index contributed by atoms with van der Waals surface area (Å²) in [6.07, 6.45) is 48.9. The van der Waals surface area contributed by atoms with Crippen molar-refractivity contribution in [2.24, 2.45) is 0 Å². The Balaban J connectivity index is 0.000000213. The first-order valence-corrected chi connectivity index (χ1v) is 25.7. The van der Waals surface area contributed by atoms with Gasteiger partial charge in [0.15, 0.2) is 0 Å². The predicted octanol–water partition coefficient (Wildman–Crippen LogP) is 15.1. The van der Waals surface area contributed by atoms with Gasteiger partial charge < -0.3 is 0 Å². The van der Waals surface area contributed by atoms with E-state index in [0.717, 1.165) is 45.9 Å². The molecule has 0 nitrogen and oxygen atoms in total. The fraction of sp³-hybridized carbons (Fsp3) is 0.114. The number of thioether (sulfide) groups is 2. The van der Waals surface area contributed by atoms with Crippen LogP contribution in [0.3, 0.4) is 0 Å². The van der Waals surface area contributed by atoms with Gasteiger partial charge in [-0.3, -0.25) is 0 Å². The van der Waals surface area contributed by atoms with Crippen LogP contribution in [-0.4, -0.2) is 9.49 Å². The molecule has 0 unspecified atom stereocenters. The van der Waals surface area contributed by atoms with Crippen LogP contribution in [0, 0.1) is 237 Å². The van der Waals surface area contributed by atoms with Crippen molar-refractivity contribution >= 4 is 23.5 Å². The Kier molecular flexibility index (Phi) is 29.8. The van der Waals surface area contributed by atoms with Crippen LogP contribution in [0.5, 0.6) is 0 Å². The zero-order valence-corrected chi connectivity index (χ0v) is 47.9. The summed E-state index contributed by atoms with van der Waals surface area (Å²) in [4.78, 5) is 2.59. The van der Waals surface area contributed by atoms with Gasteiger partial charge in [-0.2, -0.15) is 0 Å². The molecule has 6 aliphatic rings. The third-order valence-electron chi connectivity index (χ3n) is 10.4. The number of hydrogen-bond donors (Lipinski definition) is 0. The molecule has 6 fully saturated rings. The predicted molar refractivity (Wildman–Crippen MR) is 305 cm³/mol. The van der Waals surface area contributed by atoms with E-state index in [-0.39, 0.29) is 60.7 Å². The first kappa shape index (κ1) is 64.9. The molecular weight excluding hydrogens is 1070 g/mol. The molecule has 0 aromatic heterocycles. The molecule has 4 aromatic carbocycles. The maximum atomic E-state index is 3.18. The van der Waals surface area contributed by atoms with E-state index in [0.29, 0.717) is 0 Å². The Morgan fingerprint density at radius 2 is 0.453 bits per heavy atom. The van der Waals surface area contributed by atoms with Gasteiger partial charge >= 0.3 is 51.2 Å². The van der Waals surface area contributed by atoms with Crippen LogP contribution in [0.4, 0.5) is 0 Å². The molecule has 10 rings (SSSR count). The number of hydrogen-bond acceptors (Lipinski definition) is 2. The molecule has 0 atom stereocenters. The molecule has 0 bridgehead atoms. The Hall–Kier alpha value is -2.62. The summed E-state index contributed by atoms with van der Waals surface area (Å²) in [5.74, 6) is 32.1. The minimum atomic E-state index is 0. The molecule has 5 heteroatoms. The Morgan fingerprint density at radius 3 is 0.667 bits per heavy atom. The van der Waals surface area contributed by atoms with Gasteiger partial charge in [0.2, 0.25) is 0 Å². The van der Waals surface area contributed by atoms with E-state index in [1.807, 2.05) is 126 Å². The van der Waals surface area contributed by atoms with Gasteiger partial charge in [-0.15, -0.1) is 23.5 Å². The maximum absolute atomic E-state index is 3.18. The number of rotatable bonds is 4. The Morgan fingerprint density at radius 1 is 0.253 bits per heavy atom. The molecule has 4 aromatic rings. The molecule has 30 radical (unpaired) electrons. The second-order valence-electron chi connectivity index (χ2n) is 18.7. The summed E-state index contributed by atoms with van der Waals surface area (Å²) in [5, 5.41) is 0. The van der Waals surface area contributed by atoms with Crippen LogP contribution in [0.2, 0.25) is 0 Å². The zero-order valence-electron chi connectivity index (χ0n) is 43.0. The van der Waals surface area contributed by atoms with E-state index in [9.17, 15) is 0 Å². The zero-order chi connectivity index (χ0) is 50.4. The molecule has 0 heterocycles. The van der Waals surface area contributed by atoms with Gasteiger partial charge in [-0.1, -0.05) is 113 Å². The largest absolute Gasteiger partial charge is 2.00 e. The smallest absolute Gasteiger partial charge is 0.120 e. The molecule has 368 valence electrons.